The number of fused-ring (bicyclic) bond motifs is 1. The highest BCUT2D eigenvalue weighted by atomic mass is 35.5. The molecule has 3 aromatic carbocycles. The van der Waals surface area contributed by atoms with Gasteiger partial charge >= 0.3 is 0 Å². The van der Waals surface area contributed by atoms with Crippen molar-refractivity contribution in [3.8, 4) is 11.5 Å². The molecule has 0 spiro atoms. The Morgan fingerprint density at radius 1 is 1.06 bits per heavy atom. The Morgan fingerprint density at radius 3 is 2.59 bits per heavy atom. The lowest BCUT2D eigenvalue weighted by atomic mass is 10.1. The number of hydrogen-bond acceptors (Lipinski definition) is 4. The van der Waals surface area contributed by atoms with E-state index >= 15 is 0 Å². The van der Waals surface area contributed by atoms with Crippen molar-refractivity contribution in [2.24, 2.45) is 0 Å². The molecule has 1 N–H and O–H groups in total. The highest BCUT2D eigenvalue weighted by molar-refractivity contribution is 6.32. The van der Waals surface area contributed by atoms with Crippen LogP contribution in [-0.2, 0) is 16.1 Å². The van der Waals surface area contributed by atoms with Gasteiger partial charge in [-0.15, -0.1) is 0 Å². The molecule has 6 nitrogen and oxygen atoms in total. The number of hydrogen-bond donors (Lipinski definition) is 1. The molecule has 0 saturated heterocycles. The molecular formula is C25H21ClN2O4. The van der Waals surface area contributed by atoms with Gasteiger partial charge in [0.15, 0.2) is 11.5 Å². The Labute approximate surface area is 191 Å². The molecule has 1 aliphatic heterocycles. The molecule has 3 aromatic rings. The second-order valence-corrected chi connectivity index (χ2v) is 7.49. The third-order valence-electron chi connectivity index (χ3n) is 4.99. The topological polar surface area (TPSA) is 67.9 Å². The van der Waals surface area contributed by atoms with Gasteiger partial charge in [0.2, 0.25) is 5.91 Å². The molecule has 1 aliphatic rings. The second-order valence-electron chi connectivity index (χ2n) is 7.08. The van der Waals surface area contributed by atoms with Crippen molar-refractivity contribution >= 4 is 35.2 Å². The summed E-state index contributed by atoms with van der Waals surface area (Å²) >= 11 is 6.24. The van der Waals surface area contributed by atoms with Crippen LogP contribution < -0.4 is 19.7 Å². The number of rotatable bonds is 6. The summed E-state index contributed by atoms with van der Waals surface area (Å²) in [5.41, 5.74) is 2.02. The largest absolute Gasteiger partial charge is 0.496 e. The number of ether oxygens (including phenoxy) is 2. The molecule has 4 rings (SSSR count). The van der Waals surface area contributed by atoms with Gasteiger partial charge < -0.3 is 14.8 Å². The van der Waals surface area contributed by atoms with E-state index in [1.165, 1.54) is 4.90 Å². The van der Waals surface area contributed by atoms with Gasteiger partial charge in [-0.1, -0.05) is 60.1 Å². The molecule has 162 valence electrons. The minimum absolute atomic E-state index is 0.0920. The minimum atomic E-state index is -0.420. The summed E-state index contributed by atoms with van der Waals surface area (Å²) in [4.78, 5) is 27.3. The predicted molar refractivity (Wildman–Crippen MR) is 124 cm³/mol. The van der Waals surface area contributed by atoms with Gasteiger partial charge in [-0.2, -0.15) is 0 Å². The zero-order valence-electron chi connectivity index (χ0n) is 17.4. The number of nitrogens with one attached hydrogen (secondary N) is 1. The van der Waals surface area contributed by atoms with E-state index < -0.39 is 5.91 Å². The highest BCUT2D eigenvalue weighted by Gasteiger charge is 2.31. The Bertz CT molecular complexity index is 1190. The first-order chi connectivity index (χ1) is 15.6. The summed E-state index contributed by atoms with van der Waals surface area (Å²) < 4.78 is 11.2. The maximum absolute atomic E-state index is 13.2. The van der Waals surface area contributed by atoms with Crippen LogP contribution in [0.5, 0.6) is 11.5 Å². The quantitative estimate of drug-likeness (QED) is 0.566. The van der Waals surface area contributed by atoms with Crippen LogP contribution in [0, 0.1) is 0 Å². The first kappa shape index (κ1) is 21.5. The standard InChI is InChI=1S/C25H21ClN2O4/c1-31-21-12-6-3-9-18(21)15-27-24(29)16-28-20-11-5-7-13-22(20)32-23(25(28)30)14-17-8-2-4-10-19(17)26/h2-14H,15-16H2,1H3,(H,27,29). The molecule has 2 amide bonds. The smallest absolute Gasteiger partial charge is 0.294 e. The molecule has 0 aromatic heterocycles. The van der Waals surface area contributed by atoms with E-state index in [2.05, 4.69) is 5.32 Å². The Hall–Kier alpha value is -3.77. The fourth-order valence-electron chi connectivity index (χ4n) is 3.39. The van der Waals surface area contributed by atoms with Gasteiger partial charge in [0.05, 0.1) is 12.8 Å². The fraction of sp³-hybridized carbons (Fsp3) is 0.120. The highest BCUT2D eigenvalue weighted by Crippen LogP contribution is 2.35. The zero-order valence-corrected chi connectivity index (χ0v) is 18.1. The molecule has 0 fully saturated rings. The van der Waals surface area contributed by atoms with Gasteiger partial charge in [-0.05, 0) is 35.9 Å². The summed E-state index contributed by atoms with van der Waals surface area (Å²) in [6.45, 7) is 0.125. The van der Waals surface area contributed by atoms with Crippen LogP contribution >= 0.6 is 11.6 Å². The van der Waals surface area contributed by atoms with Crippen LogP contribution in [0.25, 0.3) is 6.08 Å². The van der Waals surface area contributed by atoms with Crippen LogP contribution in [0.2, 0.25) is 5.02 Å². The number of para-hydroxylation sites is 3. The normalized spacial score (nSPS) is 14.0. The van der Waals surface area contributed by atoms with E-state index in [0.717, 1.165) is 5.56 Å². The molecule has 0 unspecified atom stereocenters. The van der Waals surface area contributed by atoms with E-state index in [9.17, 15) is 9.59 Å². The average molecular weight is 449 g/mol. The maximum atomic E-state index is 13.2. The predicted octanol–water partition coefficient (Wildman–Crippen LogP) is 4.43. The molecule has 0 bridgehead atoms. The summed E-state index contributed by atoms with van der Waals surface area (Å²) in [5.74, 6) is 0.539. The number of nitrogens with zero attached hydrogens (tertiary/aromatic N) is 1. The molecular weight excluding hydrogens is 428 g/mol. The third-order valence-corrected chi connectivity index (χ3v) is 5.34. The average Bonchev–Trinajstić information content (AvgIpc) is 2.82. The number of carbonyl (C=O) groups is 2. The molecule has 1 heterocycles. The minimum Gasteiger partial charge on any atom is -0.496 e. The second kappa shape index (κ2) is 9.58. The van der Waals surface area contributed by atoms with Gasteiger partial charge in [0.1, 0.15) is 12.3 Å². The Balaban J connectivity index is 1.56. The molecule has 0 saturated carbocycles. The SMILES string of the molecule is COc1ccccc1CNC(=O)CN1C(=O)C(=Cc2ccccc2Cl)Oc2ccccc21. The Morgan fingerprint density at radius 2 is 1.78 bits per heavy atom. The number of amides is 2. The van der Waals surface area contributed by atoms with E-state index in [1.807, 2.05) is 42.5 Å². The van der Waals surface area contributed by atoms with Gasteiger partial charge in [0.25, 0.3) is 5.91 Å². The first-order valence-corrected chi connectivity index (χ1v) is 10.4. The molecule has 32 heavy (non-hydrogen) atoms. The van der Waals surface area contributed by atoms with E-state index in [-0.39, 0.29) is 24.8 Å². The number of halogens is 1. The van der Waals surface area contributed by atoms with Crippen molar-refractivity contribution < 1.29 is 19.1 Å². The van der Waals surface area contributed by atoms with Crippen LogP contribution in [0.15, 0.2) is 78.6 Å². The van der Waals surface area contributed by atoms with Crippen molar-refractivity contribution in [3.05, 3.63) is 94.7 Å². The van der Waals surface area contributed by atoms with Crippen LogP contribution in [0.3, 0.4) is 0 Å². The van der Waals surface area contributed by atoms with Crippen molar-refractivity contribution in [1.29, 1.82) is 0 Å². The van der Waals surface area contributed by atoms with Crippen LogP contribution in [0.1, 0.15) is 11.1 Å². The lowest BCUT2D eigenvalue weighted by molar-refractivity contribution is -0.123. The molecule has 0 atom stereocenters. The van der Waals surface area contributed by atoms with Crippen molar-refractivity contribution in [1.82, 2.24) is 5.32 Å². The van der Waals surface area contributed by atoms with Crippen molar-refractivity contribution in [2.75, 3.05) is 18.6 Å². The van der Waals surface area contributed by atoms with Gasteiger partial charge in [-0.25, -0.2) is 0 Å². The summed E-state index contributed by atoms with van der Waals surface area (Å²) in [6.07, 6.45) is 1.58. The Kier molecular flexibility index (Phi) is 6.42. The summed E-state index contributed by atoms with van der Waals surface area (Å²) in [6, 6.07) is 21.7. The zero-order chi connectivity index (χ0) is 22.5. The van der Waals surface area contributed by atoms with Crippen molar-refractivity contribution in [2.45, 2.75) is 6.54 Å². The summed E-state index contributed by atoms with van der Waals surface area (Å²) in [5, 5.41) is 3.35. The van der Waals surface area contributed by atoms with Crippen LogP contribution in [-0.4, -0.2) is 25.5 Å². The molecule has 7 heteroatoms. The maximum Gasteiger partial charge on any atom is 0.294 e. The first-order valence-electron chi connectivity index (χ1n) is 10.0. The third kappa shape index (κ3) is 4.60. The number of carbonyl (C=O) groups excluding carboxylic acids is 2. The number of anilines is 1. The van der Waals surface area contributed by atoms with Gasteiger partial charge in [0, 0.05) is 17.1 Å². The lowest BCUT2D eigenvalue weighted by Crippen LogP contribution is -2.44. The monoisotopic (exact) mass is 448 g/mol. The van der Waals surface area contributed by atoms with E-state index in [0.29, 0.717) is 27.8 Å². The van der Waals surface area contributed by atoms with Crippen LogP contribution in [0.4, 0.5) is 5.69 Å². The molecule has 0 radical (unpaired) electrons. The van der Waals surface area contributed by atoms with Crippen molar-refractivity contribution in [3.63, 3.8) is 0 Å². The van der Waals surface area contributed by atoms with E-state index in [4.69, 9.17) is 21.1 Å². The summed E-state index contributed by atoms with van der Waals surface area (Å²) in [7, 11) is 1.58. The van der Waals surface area contributed by atoms with E-state index in [1.54, 1.807) is 43.5 Å². The fourth-order valence-corrected chi connectivity index (χ4v) is 3.59. The lowest BCUT2D eigenvalue weighted by Gasteiger charge is -2.30. The van der Waals surface area contributed by atoms with Gasteiger partial charge in [-0.3, -0.25) is 14.5 Å². The molecule has 0 aliphatic carbocycles. The number of methoxy groups -OCH3 is 1. The number of benzene rings is 3.